The van der Waals surface area contributed by atoms with E-state index in [9.17, 15) is 14.7 Å². The second-order valence-electron chi connectivity index (χ2n) is 7.63. The summed E-state index contributed by atoms with van der Waals surface area (Å²) in [6.07, 6.45) is 14.6. The van der Waals surface area contributed by atoms with E-state index in [0.29, 0.717) is 12.8 Å². The number of nitrogens with one attached hydrogen (secondary N) is 2. The molecule has 0 heterocycles. The molecule has 0 bridgehead atoms. The molecule has 0 aromatic rings. The quantitative estimate of drug-likeness (QED) is 0.305. The Morgan fingerprint density at radius 2 is 1.33 bits per heavy atom. The molecule has 2 atom stereocenters. The zero-order valence-corrected chi connectivity index (χ0v) is 18.0. The first-order chi connectivity index (χ1) is 13.0. The van der Waals surface area contributed by atoms with E-state index in [0.717, 1.165) is 57.8 Å². The van der Waals surface area contributed by atoms with Gasteiger partial charge in [0.1, 0.15) is 0 Å². The van der Waals surface area contributed by atoms with Gasteiger partial charge >= 0.3 is 0 Å². The van der Waals surface area contributed by atoms with E-state index in [2.05, 4.69) is 17.6 Å². The molecule has 2 amide bonds. The monoisotopic (exact) mass is 384 g/mol. The van der Waals surface area contributed by atoms with Gasteiger partial charge in [-0.05, 0) is 19.3 Å². The van der Waals surface area contributed by atoms with Gasteiger partial charge in [-0.3, -0.25) is 9.59 Å². The summed E-state index contributed by atoms with van der Waals surface area (Å²) in [4.78, 5) is 23.0. The van der Waals surface area contributed by atoms with Crippen LogP contribution in [0.2, 0.25) is 0 Å². The van der Waals surface area contributed by atoms with Crippen molar-refractivity contribution >= 4 is 11.8 Å². The summed E-state index contributed by atoms with van der Waals surface area (Å²) in [5.74, 6) is 0.128. The number of rotatable bonds is 18. The van der Waals surface area contributed by atoms with E-state index in [-0.39, 0.29) is 17.9 Å². The second-order valence-corrected chi connectivity index (χ2v) is 7.63. The minimum Gasteiger partial charge on any atom is -0.391 e. The Labute approximate surface area is 167 Å². The van der Waals surface area contributed by atoms with Crippen LogP contribution in [0.4, 0.5) is 0 Å². The maximum Gasteiger partial charge on any atom is 0.220 e. The average molecular weight is 385 g/mol. The average Bonchev–Trinajstić information content (AvgIpc) is 2.68. The van der Waals surface area contributed by atoms with Crippen molar-refractivity contribution in [3.8, 4) is 0 Å². The Bertz CT molecular complexity index is 375. The van der Waals surface area contributed by atoms with Gasteiger partial charge in [0.05, 0.1) is 12.1 Å². The highest BCUT2D eigenvalue weighted by Gasteiger charge is 2.20. The van der Waals surface area contributed by atoms with E-state index in [4.69, 9.17) is 0 Å². The zero-order chi connectivity index (χ0) is 20.3. The van der Waals surface area contributed by atoms with Crippen LogP contribution in [0.3, 0.4) is 0 Å². The van der Waals surface area contributed by atoms with Crippen LogP contribution < -0.4 is 10.6 Å². The van der Waals surface area contributed by atoms with Crippen molar-refractivity contribution in [2.24, 2.45) is 0 Å². The van der Waals surface area contributed by atoms with Crippen molar-refractivity contribution in [3.05, 3.63) is 0 Å². The van der Waals surface area contributed by atoms with E-state index < -0.39 is 6.10 Å². The molecule has 5 heteroatoms. The molecule has 0 fully saturated rings. The lowest BCUT2D eigenvalue weighted by atomic mass is 9.97. The van der Waals surface area contributed by atoms with Crippen molar-refractivity contribution in [2.45, 2.75) is 122 Å². The van der Waals surface area contributed by atoms with Gasteiger partial charge in [-0.15, -0.1) is 0 Å². The van der Waals surface area contributed by atoms with E-state index in [1.54, 1.807) is 7.05 Å². The highest BCUT2D eigenvalue weighted by atomic mass is 16.3. The number of aliphatic hydroxyl groups excluding tert-OH is 1. The Morgan fingerprint density at radius 3 is 1.93 bits per heavy atom. The molecule has 0 aromatic carbocycles. The van der Waals surface area contributed by atoms with Gasteiger partial charge in [0.15, 0.2) is 0 Å². The fraction of sp³-hybridized carbons (Fsp3) is 0.909. The molecule has 0 aromatic heterocycles. The van der Waals surface area contributed by atoms with Crippen LogP contribution in [0.1, 0.15) is 110 Å². The molecule has 0 saturated heterocycles. The van der Waals surface area contributed by atoms with Crippen molar-refractivity contribution in [2.75, 3.05) is 7.05 Å². The lowest BCUT2D eigenvalue weighted by molar-refractivity contribution is -0.122. The van der Waals surface area contributed by atoms with Crippen LogP contribution >= 0.6 is 0 Å². The molecule has 0 aliphatic heterocycles. The molecule has 2 unspecified atom stereocenters. The summed E-state index contributed by atoms with van der Waals surface area (Å²) in [6.45, 7) is 4.06. The molecular weight excluding hydrogens is 340 g/mol. The Hall–Kier alpha value is -1.10. The van der Waals surface area contributed by atoms with Crippen LogP contribution in [0.25, 0.3) is 0 Å². The summed E-state index contributed by atoms with van der Waals surface area (Å²) >= 11 is 0. The van der Waals surface area contributed by atoms with Gasteiger partial charge in [-0.2, -0.15) is 0 Å². The summed E-state index contributed by atoms with van der Waals surface area (Å²) in [6, 6.07) is -0.126. The predicted octanol–water partition coefficient (Wildman–Crippen LogP) is 4.47. The standard InChI is InChI=1S/C22H44N2O3/c1-4-6-7-8-11-14-17-20(25)19(24-21(26)5-2)16-13-10-9-12-15-18-22(27)23-3/h19-20,25H,4-18H2,1-3H3,(H,23,27)(H,24,26). The van der Waals surface area contributed by atoms with E-state index in [1.165, 1.54) is 25.7 Å². The lowest BCUT2D eigenvalue weighted by Crippen LogP contribution is -2.43. The van der Waals surface area contributed by atoms with E-state index in [1.807, 2.05) is 6.92 Å². The van der Waals surface area contributed by atoms with Gasteiger partial charge in [0.2, 0.25) is 11.8 Å². The molecule has 0 rings (SSSR count). The van der Waals surface area contributed by atoms with Crippen LogP contribution in [-0.4, -0.2) is 36.1 Å². The predicted molar refractivity (Wildman–Crippen MR) is 113 cm³/mol. The molecule has 0 spiro atoms. The van der Waals surface area contributed by atoms with Gasteiger partial charge < -0.3 is 15.7 Å². The highest BCUT2D eigenvalue weighted by molar-refractivity contribution is 5.76. The first-order valence-corrected chi connectivity index (χ1v) is 11.2. The van der Waals surface area contributed by atoms with Gasteiger partial charge in [-0.25, -0.2) is 0 Å². The largest absolute Gasteiger partial charge is 0.391 e. The number of carbonyl (C=O) groups excluding carboxylic acids is 2. The summed E-state index contributed by atoms with van der Waals surface area (Å²) in [5.41, 5.74) is 0. The summed E-state index contributed by atoms with van der Waals surface area (Å²) < 4.78 is 0. The normalized spacial score (nSPS) is 13.2. The summed E-state index contributed by atoms with van der Waals surface area (Å²) in [7, 11) is 1.67. The Morgan fingerprint density at radius 1 is 0.778 bits per heavy atom. The van der Waals surface area contributed by atoms with Crippen molar-refractivity contribution in [1.82, 2.24) is 10.6 Å². The van der Waals surface area contributed by atoms with Crippen molar-refractivity contribution in [1.29, 1.82) is 0 Å². The third-order valence-corrected chi connectivity index (χ3v) is 5.18. The number of unbranched alkanes of at least 4 members (excludes halogenated alkanes) is 9. The maximum absolute atomic E-state index is 11.8. The zero-order valence-electron chi connectivity index (χ0n) is 18.0. The van der Waals surface area contributed by atoms with Crippen molar-refractivity contribution < 1.29 is 14.7 Å². The van der Waals surface area contributed by atoms with E-state index >= 15 is 0 Å². The van der Waals surface area contributed by atoms with Crippen LogP contribution in [0, 0.1) is 0 Å². The molecule has 0 saturated carbocycles. The molecule has 5 nitrogen and oxygen atoms in total. The van der Waals surface area contributed by atoms with Gasteiger partial charge in [-0.1, -0.05) is 78.1 Å². The molecule has 27 heavy (non-hydrogen) atoms. The third kappa shape index (κ3) is 15.6. The van der Waals surface area contributed by atoms with Crippen LogP contribution in [0.15, 0.2) is 0 Å². The third-order valence-electron chi connectivity index (χ3n) is 5.18. The molecule has 160 valence electrons. The van der Waals surface area contributed by atoms with Crippen LogP contribution in [-0.2, 0) is 9.59 Å². The van der Waals surface area contributed by atoms with Crippen molar-refractivity contribution in [3.63, 3.8) is 0 Å². The Kier molecular flexibility index (Phi) is 17.5. The maximum atomic E-state index is 11.8. The van der Waals surface area contributed by atoms with Gasteiger partial charge in [0.25, 0.3) is 0 Å². The van der Waals surface area contributed by atoms with Crippen LogP contribution in [0.5, 0.6) is 0 Å². The lowest BCUT2D eigenvalue weighted by Gasteiger charge is -2.24. The van der Waals surface area contributed by atoms with Gasteiger partial charge in [0, 0.05) is 19.9 Å². The Balaban J connectivity index is 4.01. The molecule has 0 radical (unpaired) electrons. The smallest absolute Gasteiger partial charge is 0.220 e. The molecule has 0 aliphatic carbocycles. The minimum absolute atomic E-state index is 0.0209. The number of aliphatic hydroxyl groups is 1. The minimum atomic E-state index is -0.445. The SMILES string of the molecule is CCCCCCCCC(O)C(CCCCCCCC(=O)NC)NC(=O)CC. The summed E-state index contributed by atoms with van der Waals surface area (Å²) in [5, 5.41) is 16.2. The fourth-order valence-corrected chi connectivity index (χ4v) is 3.31. The molecular formula is C22H44N2O3. The first-order valence-electron chi connectivity index (χ1n) is 11.2. The number of hydrogen-bond donors (Lipinski definition) is 3. The topological polar surface area (TPSA) is 78.4 Å². The first kappa shape index (κ1) is 25.9. The molecule has 0 aliphatic rings. The number of carbonyl (C=O) groups is 2. The number of hydrogen-bond acceptors (Lipinski definition) is 3. The number of amides is 2. The molecule has 3 N–H and O–H groups in total. The fourth-order valence-electron chi connectivity index (χ4n) is 3.31. The highest BCUT2D eigenvalue weighted by Crippen LogP contribution is 2.15. The second kappa shape index (κ2) is 18.3.